The van der Waals surface area contributed by atoms with Crippen LogP contribution in [0.2, 0.25) is 0 Å². The molecule has 1 aromatic rings. The molecule has 112 valence electrons. The molecule has 0 amide bonds. The molecule has 1 aromatic carbocycles. The number of nitrogens with two attached hydrogens (primary N) is 1. The molecular formula is C16H25NO3. The van der Waals surface area contributed by atoms with Gasteiger partial charge >= 0.3 is 0 Å². The van der Waals surface area contributed by atoms with Gasteiger partial charge < -0.3 is 20.7 Å². The van der Waals surface area contributed by atoms with Crippen LogP contribution in [0.5, 0.6) is 5.75 Å². The summed E-state index contributed by atoms with van der Waals surface area (Å²) < 4.78 is 5.78. The Hall–Kier alpha value is -1.10. The number of rotatable bonds is 6. The molecule has 3 atom stereocenters. The number of benzene rings is 1. The topological polar surface area (TPSA) is 75.7 Å². The molecule has 4 nitrogen and oxygen atoms in total. The second-order valence-electron chi connectivity index (χ2n) is 5.59. The first-order valence-electron chi connectivity index (χ1n) is 7.49. The van der Waals surface area contributed by atoms with Crippen molar-refractivity contribution in [1.82, 2.24) is 0 Å². The van der Waals surface area contributed by atoms with Gasteiger partial charge in [0.1, 0.15) is 5.75 Å². The molecule has 0 spiro atoms. The standard InChI is InChI=1S/C16H25NO3/c17-9-8-16(19)12-5-3-6-14(10-12)20-11-13-4-1-2-7-15(13)18/h3,5-6,10,13,15-16,18-19H,1-2,4,7-9,11,17H2. The van der Waals surface area contributed by atoms with Crippen LogP contribution in [0.3, 0.4) is 0 Å². The Bertz CT molecular complexity index is 410. The Balaban J connectivity index is 1.90. The van der Waals surface area contributed by atoms with E-state index in [2.05, 4.69) is 0 Å². The van der Waals surface area contributed by atoms with Crippen molar-refractivity contribution >= 4 is 0 Å². The largest absolute Gasteiger partial charge is 0.493 e. The minimum atomic E-state index is -0.538. The number of ether oxygens (including phenoxy) is 1. The molecule has 3 unspecified atom stereocenters. The summed E-state index contributed by atoms with van der Waals surface area (Å²) in [7, 11) is 0. The average Bonchev–Trinajstić information content (AvgIpc) is 2.47. The van der Waals surface area contributed by atoms with Gasteiger partial charge in [-0.15, -0.1) is 0 Å². The second kappa shape index (κ2) is 7.62. The fraction of sp³-hybridized carbons (Fsp3) is 0.625. The van der Waals surface area contributed by atoms with Gasteiger partial charge in [0.25, 0.3) is 0 Å². The lowest BCUT2D eigenvalue weighted by molar-refractivity contribution is 0.0421. The first-order valence-corrected chi connectivity index (χ1v) is 7.49. The Morgan fingerprint density at radius 3 is 2.85 bits per heavy atom. The quantitative estimate of drug-likeness (QED) is 0.744. The Labute approximate surface area is 120 Å². The lowest BCUT2D eigenvalue weighted by Crippen LogP contribution is -2.29. The van der Waals surface area contributed by atoms with Gasteiger partial charge in [-0.05, 0) is 43.5 Å². The van der Waals surface area contributed by atoms with Crippen molar-refractivity contribution in [2.24, 2.45) is 11.7 Å². The van der Waals surface area contributed by atoms with Crippen LogP contribution in [-0.4, -0.2) is 29.5 Å². The van der Waals surface area contributed by atoms with Gasteiger partial charge in [-0.2, -0.15) is 0 Å². The van der Waals surface area contributed by atoms with Gasteiger partial charge in [0.15, 0.2) is 0 Å². The van der Waals surface area contributed by atoms with E-state index in [0.717, 1.165) is 30.6 Å². The van der Waals surface area contributed by atoms with Gasteiger partial charge in [-0.3, -0.25) is 0 Å². The number of aliphatic hydroxyl groups excluding tert-OH is 2. The van der Waals surface area contributed by atoms with E-state index in [4.69, 9.17) is 10.5 Å². The summed E-state index contributed by atoms with van der Waals surface area (Å²) in [5, 5.41) is 19.9. The fourth-order valence-corrected chi connectivity index (χ4v) is 2.72. The van der Waals surface area contributed by atoms with E-state index in [1.54, 1.807) is 0 Å². The Morgan fingerprint density at radius 1 is 1.30 bits per heavy atom. The normalized spacial score (nSPS) is 24.4. The second-order valence-corrected chi connectivity index (χ2v) is 5.59. The molecule has 1 aliphatic carbocycles. The van der Waals surface area contributed by atoms with Gasteiger partial charge in [0.05, 0.1) is 18.8 Å². The maximum atomic E-state index is 9.93. The van der Waals surface area contributed by atoms with E-state index < -0.39 is 6.10 Å². The van der Waals surface area contributed by atoms with Crippen LogP contribution in [0, 0.1) is 5.92 Å². The summed E-state index contributed by atoms with van der Waals surface area (Å²) in [6.45, 7) is 0.998. The first-order chi connectivity index (χ1) is 9.70. The number of hydrogen-bond acceptors (Lipinski definition) is 4. The van der Waals surface area contributed by atoms with Crippen molar-refractivity contribution in [3.63, 3.8) is 0 Å². The van der Waals surface area contributed by atoms with Crippen molar-refractivity contribution in [2.75, 3.05) is 13.2 Å². The molecule has 1 saturated carbocycles. The van der Waals surface area contributed by atoms with E-state index in [-0.39, 0.29) is 12.0 Å². The fourth-order valence-electron chi connectivity index (χ4n) is 2.72. The third-order valence-electron chi connectivity index (χ3n) is 4.02. The van der Waals surface area contributed by atoms with Crippen molar-refractivity contribution in [3.05, 3.63) is 29.8 Å². The van der Waals surface area contributed by atoms with Crippen molar-refractivity contribution in [1.29, 1.82) is 0 Å². The third kappa shape index (κ3) is 4.20. The van der Waals surface area contributed by atoms with Crippen molar-refractivity contribution in [3.8, 4) is 5.75 Å². The highest BCUT2D eigenvalue weighted by Gasteiger charge is 2.23. The van der Waals surface area contributed by atoms with Crippen molar-refractivity contribution in [2.45, 2.75) is 44.3 Å². The van der Waals surface area contributed by atoms with Crippen molar-refractivity contribution < 1.29 is 14.9 Å². The molecular weight excluding hydrogens is 254 g/mol. The smallest absolute Gasteiger partial charge is 0.119 e. The highest BCUT2D eigenvalue weighted by molar-refractivity contribution is 5.29. The van der Waals surface area contributed by atoms with Crippen LogP contribution in [0.25, 0.3) is 0 Å². The molecule has 4 N–H and O–H groups in total. The molecule has 1 fully saturated rings. The summed E-state index contributed by atoms with van der Waals surface area (Å²) in [5.74, 6) is 0.970. The van der Waals surface area contributed by atoms with Crippen LogP contribution >= 0.6 is 0 Å². The zero-order chi connectivity index (χ0) is 14.4. The van der Waals surface area contributed by atoms with E-state index in [1.807, 2.05) is 24.3 Å². The van der Waals surface area contributed by atoms with Gasteiger partial charge in [-0.25, -0.2) is 0 Å². The summed E-state index contributed by atoms with van der Waals surface area (Å²) in [5.41, 5.74) is 6.29. The first kappa shape index (κ1) is 15.3. The molecule has 0 saturated heterocycles. The Morgan fingerprint density at radius 2 is 2.10 bits per heavy atom. The van der Waals surface area contributed by atoms with Gasteiger partial charge in [0, 0.05) is 5.92 Å². The maximum absolute atomic E-state index is 9.93. The van der Waals surface area contributed by atoms with Gasteiger partial charge in [0.2, 0.25) is 0 Å². The summed E-state index contributed by atoms with van der Waals surface area (Å²) in [6, 6.07) is 7.49. The highest BCUT2D eigenvalue weighted by Crippen LogP contribution is 2.26. The maximum Gasteiger partial charge on any atom is 0.119 e. The van der Waals surface area contributed by atoms with Crippen LogP contribution < -0.4 is 10.5 Å². The Kier molecular flexibility index (Phi) is 5.83. The summed E-state index contributed by atoms with van der Waals surface area (Å²) >= 11 is 0. The molecule has 1 aliphatic rings. The van der Waals surface area contributed by atoms with Crippen LogP contribution in [0.4, 0.5) is 0 Å². The SMILES string of the molecule is NCCC(O)c1cccc(OCC2CCCCC2O)c1. The van der Waals surface area contributed by atoms with E-state index >= 15 is 0 Å². The summed E-state index contributed by atoms with van der Waals surface area (Å²) in [4.78, 5) is 0. The van der Waals surface area contributed by atoms with E-state index in [0.29, 0.717) is 19.6 Å². The molecule has 0 aliphatic heterocycles. The molecule has 0 radical (unpaired) electrons. The number of aliphatic hydroxyl groups is 2. The predicted octanol–water partition coefficient (Wildman–Crippen LogP) is 2.00. The highest BCUT2D eigenvalue weighted by atomic mass is 16.5. The molecule has 0 aromatic heterocycles. The molecule has 2 rings (SSSR count). The summed E-state index contributed by atoms with van der Waals surface area (Å²) in [6.07, 6.45) is 3.95. The monoisotopic (exact) mass is 279 g/mol. The zero-order valence-corrected chi connectivity index (χ0v) is 11.9. The molecule has 20 heavy (non-hydrogen) atoms. The zero-order valence-electron chi connectivity index (χ0n) is 11.9. The average molecular weight is 279 g/mol. The number of hydrogen-bond donors (Lipinski definition) is 3. The molecule has 0 bridgehead atoms. The lowest BCUT2D eigenvalue weighted by atomic mass is 9.87. The molecule has 4 heteroatoms. The minimum absolute atomic E-state index is 0.223. The molecule has 0 heterocycles. The predicted molar refractivity (Wildman–Crippen MR) is 78.5 cm³/mol. The van der Waals surface area contributed by atoms with E-state index in [1.165, 1.54) is 6.42 Å². The van der Waals surface area contributed by atoms with Gasteiger partial charge in [-0.1, -0.05) is 25.0 Å². The lowest BCUT2D eigenvalue weighted by Gasteiger charge is -2.27. The third-order valence-corrected chi connectivity index (χ3v) is 4.02. The van der Waals surface area contributed by atoms with Crippen LogP contribution in [0.15, 0.2) is 24.3 Å². The van der Waals surface area contributed by atoms with Crippen LogP contribution in [-0.2, 0) is 0 Å². The van der Waals surface area contributed by atoms with Crippen LogP contribution in [0.1, 0.15) is 43.8 Å². The minimum Gasteiger partial charge on any atom is -0.493 e. The van der Waals surface area contributed by atoms with E-state index in [9.17, 15) is 10.2 Å².